The monoisotopic (exact) mass is 319 g/mol. The quantitative estimate of drug-likeness (QED) is 0.846. The second-order valence-corrected chi connectivity index (χ2v) is 7.03. The van der Waals surface area contributed by atoms with Crippen molar-refractivity contribution >= 4 is 23.1 Å². The van der Waals surface area contributed by atoms with Crippen LogP contribution in [0.15, 0.2) is 30.5 Å². The summed E-state index contributed by atoms with van der Waals surface area (Å²) in [5.41, 5.74) is 7.05. The molecule has 0 atom stereocenters. The molecular weight excluding hydrogens is 298 g/mol. The van der Waals surface area contributed by atoms with Crippen LogP contribution in [-0.4, -0.2) is 23.2 Å². The molecule has 0 radical (unpaired) electrons. The summed E-state index contributed by atoms with van der Waals surface area (Å²) in [6.07, 6.45) is 2.13. The van der Waals surface area contributed by atoms with E-state index in [0.29, 0.717) is 13.0 Å². The standard InChI is InChI=1S/C16H21N3O2S/c1-16(2,3)21-15(20)18-9-8-14-19-10-13(22-14)11-4-6-12(17)7-5-11/h4-7,10H,8-9,17H2,1-3H3,(H,18,20). The predicted molar refractivity (Wildman–Crippen MR) is 89.9 cm³/mol. The average Bonchev–Trinajstić information content (AvgIpc) is 2.86. The minimum atomic E-state index is -0.479. The lowest BCUT2D eigenvalue weighted by molar-refractivity contribution is 0.0528. The van der Waals surface area contributed by atoms with E-state index in [1.54, 1.807) is 11.3 Å². The number of nitrogens with two attached hydrogens (primary N) is 1. The van der Waals surface area contributed by atoms with Crippen molar-refractivity contribution < 1.29 is 9.53 Å². The molecule has 6 heteroatoms. The summed E-state index contributed by atoms with van der Waals surface area (Å²) in [7, 11) is 0. The summed E-state index contributed by atoms with van der Waals surface area (Å²) in [5, 5.41) is 3.71. The van der Waals surface area contributed by atoms with Crippen LogP contribution in [0.5, 0.6) is 0 Å². The fraction of sp³-hybridized carbons (Fsp3) is 0.375. The van der Waals surface area contributed by atoms with Crippen molar-refractivity contribution in [2.75, 3.05) is 12.3 Å². The molecule has 5 nitrogen and oxygen atoms in total. The van der Waals surface area contributed by atoms with Gasteiger partial charge in [0.2, 0.25) is 0 Å². The third-order valence-electron chi connectivity index (χ3n) is 2.76. The molecule has 2 rings (SSSR count). The van der Waals surface area contributed by atoms with Crippen molar-refractivity contribution in [2.24, 2.45) is 0 Å². The van der Waals surface area contributed by atoms with E-state index in [2.05, 4.69) is 10.3 Å². The summed E-state index contributed by atoms with van der Waals surface area (Å²) in [6, 6.07) is 7.70. The van der Waals surface area contributed by atoms with Crippen LogP contribution in [0.2, 0.25) is 0 Å². The molecule has 22 heavy (non-hydrogen) atoms. The number of amides is 1. The predicted octanol–water partition coefficient (Wildman–Crippen LogP) is 3.46. The number of hydrogen-bond donors (Lipinski definition) is 2. The smallest absolute Gasteiger partial charge is 0.407 e. The molecule has 0 saturated carbocycles. The van der Waals surface area contributed by atoms with Gasteiger partial charge in [0, 0.05) is 24.8 Å². The largest absolute Gasteiger partial charge is 0.444 e. The minimum absolute atomic E-state index is 0.400. The number of rotatable bonds is 4. The first-order valence-electron chi connectivity index (χ1n) is 7.11. The zero-order valence-corrected chi connectivity index (χ0v) is 13.9. The van der Waals surface area contributed by atoms with Gasteiger partial charge in [-0.25, -0.2) is 9.78 Å². The molecule has 1 aromatic heterocycles. The number of nitrogens with zero attached hydrogens (tertiary/aromatic N) is 1. The van der Waals surface area contributed by atoms with Crippen LogP contribution >= 0.6 is 11.3 Å². The van der Waals surface area contributed by atoms with Crippen LogP contribution in [0.25, 0.3) is 10.4 Å². The number of thiazole rings is 1. The second kappa shape index (κ2) is 6.79. The molecule has 118 valence electrons. The first-order chi connectivity index (χ1) is 10.3. The summed E-state index contributed by atoms with van der Waals surface area (Å²) < 4.78 is 5.18. The Morgan fingerprint density at radius 1 is 1.32 bits per heavy atom. The van der Waals surface area contributed by atoms with Gasteiger partial charge in [-0.3, -0.25) is 0 Å². The molecule has 0 spiro atoms. The number of ether oxygens (including phenoxy) is 1. The third-order valence-corrected chi connectivity index (χ3v) is 3.86. The molecule has 3 N–H and O–H groups in total. The van der Waals surface area contributed by atoms with Gasteiger partial charge in [-0.1, -0.05) is 12.1 Å². The van der Waals surface area contributed by atoms with Crippen molar-refractivity contribution in [1.82, 2.24) is 10.3 Å². The zero-order valence-electron chi connectivity index (χ0n) is 13.1. The fourth-order valence-corrected chi connectivity index (χ4v) is 2.72. The van der Waals surface area contributed by atoms with Crippen LogP contribution in [0, 0.1) is 0 Å². The molecule has 1 amide bonds. The summed E-state index contributed by atoms with van der Waals surface area (Å²) >= 11 is 1.61. The Bertz CT molecular complexity index is 630. The van der Waals surface area contributed by atoms with Crippen LogP contribution in [0.3, 0.4) is 0 Å². The lowest BCUT2D eigenvalue weighted by Crippen LogP contribution is -2.33. The number of alkyl carbamates (subject to hydrolysis) is 1. The van der Waals surface area contributed by atoms with E-state index in [1.807, 2.05) is 51.2 Å². The number of anilines is 1. The molecule has 0 aliphatic carbocycles. The van der Waals surface area contributed by atoms with Gasteiger partial charge in [0.1, 0.15) is 5.60 Å². The Hall–Kier alpha value is -2.08. The Morgan fingerprint density at radius 3 is 2.64 bits per heavy atom. The first-order valence-corrected chi connectivity index (χ1v) is 7.92. The van der Waals surface area contributed by atoms with Crippen molar-refractivity contribution in [3.63, 3.8) is 0 Å². The van der Waals surface area contributed by atoms with Gasteiger partial charge in [-0.05, 0) is 38.5 Å². The topological polar surface area (TPSA) is 77.2 Å². The Balaban J connectivity index is 1.85. The highest BCUT2D eigenvalue weighted by atomic mass is 32.1. The maximum absolute atomic E-state index is 11.5. The fourth-order valence-electron chi connectivity index (χ4n) is 1.79. The van der Waals surface area contributed by atoms with Gasteiger partial charge in [0.15, 0.2) is 0 Å². The Kier molecular flexibility index (Phi) is 5.03. The molecule has 1 aromatic carbocycles. The van der Waals surface area contributed by atoms with Crippen LogP contribution in [-0.2, 0) is 11.2 Å². The lowest BCUT2D eigenvalue weighted by Gasteiger charge is -2.19. The summed E-state index contributed by atoms with van der Waals surface area (Å²) in [5.74, 6) is 0. The maximum Gasteiger partial charge on any atom is 0.407 e. The van der Waals surface area contributed by atoms with Crippen LogP contribution in [0.1, 0.15) is 25.8 Å². The summed E-state index contributed by atoms with van der Waals surface area (Å²) in [4.78, 5) is 17.0. The molecule has 2 aromatic rings. The molecule has 0 saturated heterocycles. The maximum atomic E-state index is 11.5. The molecule has 0 bridgehead atoms. The van der Waals surface area contributed by atoms with E-state index in [4.69, 9.17) is 10.5 Å². The van der Waals surface area contributed by atoms with Crippen LogP contribution < -0.4 is 11.1 Å². The first kappa shape index (κ1) is 16.3. The number of nitrogen functional groups attached to an aromatic ring is 1. The minimum Gasteiger partial charge on any atom is -0.444 e. The molecule has 0 aliphatic heterocycles. The van der Waals surface area contributed by atoms with Crippen molar-refractivity contribution in [3.05, 3.63) is 35.5 Å². The van der Waals surface area contributed by atoms with Gasteiger partial charge in [-0.2, -0.15) is 0 Å². The van der Waals surface area contributed by atoms with Crippen molar-refractivity contribution in [3.8, 4) is 10.4 Å². The Labute approximate surface area is 134 Å². The highest BCUT2D eigenvalue weighted by Crippen LogP contribution is 2.26. The van der Waals surface area contributed by atoms with Crippen molar-refractivity contribution in [2.45, 2.75) is 32.8 Å². The Morgan fingerprint density at radius 2 is 2.00 bits per heavy atom. The lowest BCUT2D eigenvalue weighted by atomic mass is 10.2. The SMILES string of the molecule is CC(C)(C)OC(=O)NCCc1ncc(-c2ccc(N)cc2)s1. The summed E-state index contributed by atoms with van der Waals surface area (Å²) in [6.45, 7) is 6.02. The number of hydrogen-bond acceptors (Lipinski definition) is 5. The molecule has 0 fully saturated rings. The highest BCUT2D eigenvalue weighted by Gasteiger charge is 2.15. The molecule has 0 aliphatic rings. The zero-order chi connectivity index (χ0) is 16.2. The number of carbonyl (C=O) groups excluding carboxylic acids is 1. The molecule has 1 heterocycles. The number of benzene rings is 1. The van der Waals surface area contributed by atoms with Crippen LogP contribution in [0.4, 0.5) is 10.5 Å². The second-order valence-electron chi connectivity index (χ2n) is 5.92. The van der Waals surface area contributed by atoms with E-state index >= 15 is 0 Å². The van der Waals surface area contributed by atoms with E-state index in [9.17, 15) is 4.79 Å². The highest BCUT2D eigenvalue weighted by molar-refractivity contribution is 7.15. The van der Waals surface area contributed by atoms with Gasteiger partial charge in [-0.15, -0.1) is 11.3 Å². The van der Waals surface area contributed by atoms with E-state index in [-0.39, 0.29) is 0 Å². The normalized spacial score (nSPS) is 11.2. The van der Waals surface area contributed by atoms with Gasteiger partial charge >= 0.3 is 6.09 Å². The third kappa shape index (κ3) is 5.04. The van der Waals surface area contributed by atoms with Gasteiger partial charge in [0.25, 0.3) is 0 Å². The molecular formula is C16H21N3O2S. The average molecular weight is 319 g/mol. The van der Waals surface area contributed by atoms with Gasteiger partial charge < -0.3 is 15.8 Å². The van der Waals surface area contributed by atoms with E-state index in [0.717, 1.165) is 21.1 Å². The molecule has 0 unspecified atom stereocenters. The number of aromatic nitrogens is 1. The van der Waals surface area contributed by atoms with Gasteiger partial charge in [0.05, 0.1) is 9.88 Å². The van der Waals surface area contributed by atoms with E-state index in [1.165, 1.54) is 0 Å². The number of nitrogens with one attached hydrogen (secondary N) is 1. The number of carbonyl (C=O) groups is 1. The van der Waals surface area contributed by atoms with Crippen molar-refractivity contribution in [1.29, 1.82) is 0 Å². The van der Waals surface area contributed by atoms with E-state index < -0.39 is 11.7 Å².